The molecule has 1 N–H and O–H groups in total. The number of carboxylic acids is 1. The molecule has 3 rings (SSSR count). The van der Waals surface area contributed by atoms with E-state index in [0.717, 1.165) is 23.1 Å². The van der Waals surface area contributed by atoms with Crippen molar-refractivity contribution in [1.29, 1.82) is 0 Å². The first-order chi connectivity index (χ1) is 9.19. The van der Waals surface area contributed by atoms with E-state index in [1.807, 2.05) is 25.1 Å². The van der Waals surface area contributed by atoms with Gasteiger partial charge in [-0.2, -0.15) is 4.98 Å². The van der Waals surface area contributed by atoms with Gasteiger partial charge >= 0.3 is 5.97 Å². The molecule has 5 heteroatoms. The molecule has 0 spiro atoms. The Bertz CT molecular complexity index is 633. The third kappa shape index (κ3) is 2.01. The lowest BCUT2D eigenvalue weighted by Gasteiger charge is -2.06. The average Bonchev–Trinajstić information content (AvgIpc) is 3.04. The summed E-state index contributed by atoms with van der Waals surface area (Å²) in [4.78, 5) is 15.4. The topological polar surface area (TPSA) is 76.2 Å². The summed E-state index contributed by atoms with van der Waals surface area (Å²) in [6, 6.07) is 5.71. The fourth-order valence-electron chi connectivity index (χ4n) is 2.53. The van der Waals surface area contributed by atoms with E-state index in [-0.39, 0.29) is 5.92 Å². The van der Waals surface area contributed by atoms with Crippen molar-refractivity contribution in [3.8, 4) is 11.4 Å². The van der Waals surface area contributed by atoms with Gasteiger partial charge < -0.3 is 9.63 Å². The van der Waals surface area contributed by atoms with Crippen LogP contribution >= 0.6 is 0 Å². The number of fused-ring (bicyclic) bond motifs is 1. The van der Waals surface area contributed by atoms with Crippen LogP contribution in [0.25, 0.3) is 11.4 Å². The molecule has 19 heavy (non-hydrogen) atoms. The molecule has 1 aromatic carbocycles. The van der Waals surface area contributed by atoms with Crippen molar-refractivity contribution in [2.75, 3.05) is 0 Å². The largest absolute Gasteiger partial charge is 0.481 e. The number of carbonyl (C=O) groups is 1. The molecule has 0 fully saturated rings. The Kier molecular flexibility index (Phi) is 2.81. The molecule has 1 atom stereocenters. The molecule has 0 saturated heterocycles. The fourth-order valence-corrected chi connectivity index (χ4v) is 2.53. The molecule has 1 aliphatic rings. The molecule has 98 valence electrons. The van der Waals surface area contributed by atoms with Crippen LogP contribution in [0.15, 0.2) is 22.7 Å². The van der Waals surface area contributed by atoms with Gasteiger partial charge in [-0.1, -0.05) is 24.2 Å². The number of carboxylic acid groups (broad SMARTS) is 1. The monoisotopic (exact) mass is 258 g/mol. The number of aliphatic carboxylic acids is 1. The number of hydrogen-bond acceptors (Lipinski definition) is 4. The Labute approximate surface area is 110 Å². The van der Waals surface area contributed by atoms with E-state index in [4.69, 9.17) is 9.63 Å². The second-order valence-electron chi connectivity index (χ2n) is 4.71. The number of nitrogens with zero attached hydrogens (tertiary/aromatic N) is 2. The van der Waals surface area contributed by atoms with Gasteiger partial charge in [0.25, 0.3) is 0 Å². The zero-order valence-corrected chi connectivity index (χ0v) is 10.6. The molecular formula is C14H14N2O3. The van der Waals surface area contributed by atoms with E-state index in [1.165, 1.54) is 0 Å². The molecule has 1 unspecified atom stereocenters. The first kappa shape index (κ1) is 11.9. The zero-order chi connectivity index (χ0) is 13.4. The third-order valence-electron chi connectivity index (χ3n) is 3.55. The van der Waals surface area contributed by atoms with Crippen molar-refractivity contribution in [2.45, 2.75) is 32.1 Å². The number of rotatable bonds is 3. The lowest BCUT2D eigenvalue weighted by atomic mass is 10.00. The van der Waals surface area contributed by atoms with Crippen LogP contribution in [0, 0.1) is 0 Å². The quantitative estimate of drug-likeness (QED) is 0.914. The summed E-state index contributed by atoms with van der Waals surface area (Å²) in [5.41, 5.74) is 2.87. The average molecular weight is 258 g/mol. The standard InChI is InChI=1S/C14H14N2O3/c1-2-12-15-13(16-19-12)9-4-5-10-8(7-9)3-6-11(10)14(17)18/h4-5,7,11H,2-3,6H2,1H3,(H,17,18). The third-order valence-corrected chi connectivity index (χ3v) is 3.55. The molecule has 0 saturated carbocycles. The van der Waals surface area contributed by atoms with Gasteiger partial charge in [0.1, 0.15) is 0 Å². The smallest absolute Gasteiger partial charge is 0.310 e. The van der Waals surface area contributed by atoms with Crippen molar-refractivity contribution in [2.24, 2.45) is 0 Å². The summed E-state index contributed by atoms with van der Waals surface area (Å²) in [5.74, 6) is 0.0530. The van der Waals surface area contributed by atoms with Gasteiger partial charge in [0.15, 0.2) is 0 Å². The fraction of sp³-hybridized carbons (Fsp3) is 0.357. The predicted molar refractivity (Wildman–Crippen MR) is 67.8 cm³/mol. The van der Waals surface area contributed by atoms with Crippen LogP contribution in [0.3, 0.4) is 0 Å². The van der Waals surface area contributed by atoms with Gasteiger partial charge in [-0.15, -0.1) is 0 Å². The minimum atomic E-state index is -0.751. The first-order valence-corrected chi connectivity index (χ1v) is 6.37. The molecular weight excluding hydrogens is 244 g/mol. The van der Waals surface area contributed by atoms with Crippen LogP contribution in [0.1, 0.15) is 36.3 Å². The number of aromatic nitrogens is 2. The van der Waals surface area contributed by atoms with Crippen LogP contribution in [-0.2, 0) is 17.6 Å². The van der Waals surface area contributed by atoms with Gasteiger partial charge in [-0.05, 0) is 30.0 Å². The second-order valence-corrected chi connectivity index (χ2v) is 4.71. The lowest BCUT2D eigenvalue weighted by molar-refractivity contribution is -0.138. The highest BCUT2D eigenvalue weighted by molar-refractivity contribution is 5.78. The molecule has 0 radical (unpaired) electrons. The normalized spacial score (nSPS) is 17.4. The van der Waals surface area contributed by atoms with Crippen molar-refractivity contribution in [1.82, 2.24) is 10.1 Å². The molecule has 1 aliphatic carbocycles. The predicted octanol–water partition coefficient (Wildman–Crippen LogP) is 2.41. The Morgan fingerprint density at radius 3 is 3.05 bits per heavy atom. The maximum Gasteiger partial charge on any atom is 0.310 e. The molecule has 2 aromatic rings. The van der Waals surface area contributed by atoms with Crippen LogP contribution in [0.4, 0.5) is 0 Å². The van der Waals surface area contributed by atoms with Crippen LogP contribution in [-0.4, -0.2) is 21.2 Å². The minimum absolute atomic E-state index is 0.375. The molecule has 1 heterocycles. The maximum atomic E-state index is 11.1. The van der Waals surface area contributed by atoms with Crippen molar-refractivity contribution < 1.29 is 14.4 Å². The van der Waals surface area contributed by atoms with Gasteiger partial charge in [0, 0.05) is 12.0 Å². The molecule has 0 amide bonds. The van der Waals surface area contributed by atoms with Crippen molar-refractivity contribution in [3.05, 3.63) is 35.2 Å². The summed E-state index contributed by atoms with van der Waals surface area (Å²) in [7, 11) is 0. The van der Waals surface area contributed by atoms with Crippen LogP contribution in [0.2, 0.25) is 0 Å². The number of hydrogen-bond donors (Lipinski definition) is 1. The van der Waals surface area contributed by atoms with Gasteiger partial charge in [-0.25, -0.2) is 0 Å². The first-order valence-electron chi connectivity index (χ1n) is 6.37. The Morgan fingerprint density at radius 1 is 1.53 bits per heavy atom. The highest BCUT2D eigenvalue weighted by atomic mass is 16.5. The Balaban J connectivity index is 1.96. The Hall–Kier alpha value is -2.17. The molecule has 0 aliphatic heterocycles. The summed E-state index contributed by atoms with van der Waals surface area (Å²) in [5, 5.41) is 13.1. The summed E-state index contributed by atoms with van der Waals surface area (Å²) in [6.45, 7) is 1.96. The SMILES string of the molecule is CCc1nc(-c2ccc3c(c2)CCC3C(=O)O)no1. The van der Waals surface area contributed by atoms with Gasteiger partial charge in [0.05, 0.1) is 5.92 Å². The van der Waals surface area contributed by atoms with E-state index >= 15 is 0 Å². The van der Waals surface area contributed by atoms with E-state index < -0.39 is 5.97 Å². The van der Waals surface area contributed by atoms with Crippen LogP contribution < -0.4 is 0 Å². The summed E-state index contributed by atoms with van der Waals surface area (Å²) < 4.78 is 5.09. The number of aryl methyl sites for hydroxylation is 2. The second kappa shape index (κ2) is 4.50. The number of benzene rings is 1. The van der Waals surface area contributed by atoms with Crippen molar-refractivity contribution >= 4 is 5.97 Å². The van der Waals surface area contributed by atoms with Gasteiger partial charge in [-0.3, -0.25) is 4.79 Å². The molecule has 5 nitrogen and oxygen atoms in total. The van der Waals surface area contributed by atoms with Crippen LogP contribution in [0.5, 0.6) is 0 Å². The Morgan fingerprint density at radius 2 is 2.37 bits per heavy atom. The van der Waals surface area contributed by atoms with Gasteiger partial charge in [0.2, 0.25) is 11.7 Å². The summed E-state index contributed by atoms with van der Waals surface area (Å²) in [6.07, 6.45) is 2.16. The highest BCUT2D eigenvalue weighted by Gasteiger charge is 2.28. The highest BCUT2D eigenvalue weighted by Crippen LogP contribution is 2.35. The van der Waals surface area contributed by atoms with E-state index in [2.05, 4.69) is 10.1 Å². The lowest BCUT2D eigenvalue weighted by Crippen LogP contribution is -2.07. The van der Waals surface area contributed by atoms with E-state index in [0.29, 0.717) is 24.6 Å². The minimum Gasteiger partial charge on any atom is -0.481 e. The van der Waals surface area contributed by atoms with E-state index in [1.54, 1.807) is 0 Å². The van der Waals surface area contributed by atoms with E-state index in [9.17, 15) is 4.79 Å². The molecule has 1 aromatic heterocycles. The van der Waals surface area contributed by atoms with Crippen molar-refractivity contribution in [3.63, 3.8) is 0 Å². The molecule has 0 bridgehead atoms. The summed E-state index contributed by atoms with van der Waals surface area (Å²) >= 11 is 0. The maximum absolute atomic E-state index is 11.1. The zero-order valence-electron chi connectivity index (χ0n) is 10.6.